The molecule has 8 rings (SSSR count). The fraction of sp³-hybridized carbons (Fsp3) is 0.475. The Labute approximate surface area is 298 Å². The van der Waals surface area contributed by atoms with Gasteiger partial charge in [0, 0.05) is 54.7 Å². The molecule has 2 bridgehead atoms. The molecular weight excluding hydrogens is 649 g/mol. The van der Waals surface area contributed by atoms with E-state index in [-0.39, 0.29) is 48.9 Å². The zero-order valence-electron chi connectivity index (χ0n) is 30.0. The number of pyridine rings is 1. The molecule has 4 atom stereocenters. The van der Waals surface area contributed by atoms with Crippen molar-refractivity contribution in [3.05, 3.63) is 59.9 Å². The predicted molar refractivity (Wildman–Crippen MR) is 194 cm³/mol. The molecule has 4 aliphatic rings. The van der Waals surface area contributed by atoms with Crippen LogP contribution in [0.25, 0.3) is 32.8 Å². The van der Waals surface area contributed by atoms with Gasteiger partial charge in [0.05, 0.1) is 18.2 Å². The molecule has 1 N–H and O–H groups in total. The number of halogens is 1. The van der Waals surface area contributed by atoms with Crippen LogP contribution in [0.2, 0.25) is 0 Å². The van der Waals surface area contributed by atoms with Crippen LogP contribution in [0.3, 0.4) is 0 Å². The van der Waals surface area contributed by atoms with E-state index >= 15 is 4.39 Å². The first kappa shape index (κ1) is 34.8. The number of likely N-dealkylation sites (tertiary alicyclic amines) is 1. The minimum atomic E-state index is -0.594. The highest BCUT2D eigenvalue weighted by atomic mass is 19.1. The van der Waals surface area contributed by atoms with E-state index < -0.39 is 11.4 Å². The highest BCUT2D eigenvalue weighted by molar-refractivity contribution is 6.03. The molecule has 4 unspecified atom stereocenters. The molecule has 1 saturated carbocycles. The number of carbonyl (C=O) groups is 1. The fourth-order valence-electron chi connectivity index (χ4n) is 7.84. The van der Waals surface area contributed by atoms with E-state index in [1.807, 2.05) is 74.2 Å². The van der Waals surface area contributed by atoms with Gasteiger partial charge >= 0.3 is 6.09 Å². The summed E-state index contributed by atoms with van der Waals surface area (Å²) in [5.74, 6) is 0.607. The van der Waals surface area contributed by atoms with E-state index in [9.17, 15) is 10.1 Å². The lowest BCUT2D eigenvalue weighted by atomic mass is 9.79. The number of hydrogen-bond donors (Lipinski definition) is 1. The summed E-state index contributed by atoms with van der Waals surface area (Å²) in [6.07, 6.45) is 3.23. The maximum atomic E-state index is 17.5. The molecule has 1 aromatic heterocycles. The molecule has 4 heterocycles. The SMILES string of the molecule is COCOc1cc(-c2c(CCC#N)cc3c(NC4C5CC4N(C(=O)OC(C)(C)C)C5)cc(OCC4CCCN4C)nc3c2F)c2ccccc2c1. The standard InChI is InChI=1S/C40H46FN5O5/c1-40(2,3)51-39(47)46-21-26-18-33(46)37(26)43-32-20-34(49-22-27-12-9-15-45(27)4)44-38-31(32)17-25(11-8-14-42)35(36(38)41)30-19-28(50-23-48-5)16-24-10-6-7-13-29(24)30/h6-7,10,13,16-17,19-20,26-27,33,37H,8-9,11-12,15,18,21-23H2,1-5H3,(H,43,44). The van der Waals surface area contributed by atoms with Gasteiger partial charge < -0.3 is 34.1 Å². The molecule has 3 aliphatic heterocycles. The normalized spacial score (nSPS) is 21.5. The Morgan fingerprint density at radius 1 is 1.14 bits per heavy atom. The summed E-state index contributed by atoms with van der Waals surface area (Å²) in [5.41, 5.74) is 1.98. The molecule has 3 aromatic carbocycles. The van der Waals surface area contributed by atoms with Gasteiger partial charge in [0.1, 0.15) is 23.5 Å². The fourth-order valence-corrected chi connectivity index (χ4v) is 7.84. The van der Waals surface area contributed by atoms with E-state index in [0.29, 0.717) is 59.0 Å². The van der Waals surface area contributed by atoms with E-state index in [4.69, 9.17) is 23.9 Å². The minimum absolute atomic E-state index is 0.0409. The zero-order chi connectivity index (χ0) is 35.9. The monoisotopic (exact) mass is 695 g/mol. The van der Waals surface area contributed by atoms with Gasteiger partial charge in [-0.2, -0.15) is 5.26 Å². The van der Waals surface area contributed by atoms with Crippen LogP contribution in [0, 0.1) is 23.1 Å². The number of nitriles is 1. The third kappa shape index (κ3) is 7.00. The van der Waals surface area contributed by atoms with Crippen molar-refractivity contribution in [2.24, 2.45) is 5.92 Å². The number of nitrogens with one attached hydrogen (secondary N) is 1. The summed E-state index contributed by atoms with van der Waals surface area (Å²) < 4.78 is 40.5. The Hall–Kier alpha value is -4.66. The summed E-state index contributed by atoms with van der Waals surface area (Å²) in [6.45, 7) is 7.69. The highest BCUT2D eigenvalue weighted by Crippen LogP contribution is 2.46. The molecule has 0 radical (unpaired) electrons. The minimum Gasteiger partial charge on any atom is -0.476 e. The van der Waals surface area contributed by atoms with Crippen LogP contribution in [0.1, 0.15) is 52.0 Å². The molecule has 4 aromatic rings. The molecule has 268 valence electrons. The number of anilines is 1. The molecule has 0 spiro atoms. The van der Waals surface area contributed by atoms with Gasteiger partial charge in [-0.3, -0.25) is 0 Å². The van der Waals surface area contributed by atoms with Crippen molar-refractivity contribution in [3.8, 4) is 28.8 Å². The van der Waals surface area contributed by atoms with Crippen LogP contribution in [0.4, 0.5) is 14.9 Å². The van der Waals surface area contributed by atoms with Gasteiger partial charge in [-0.25, -0.2) is 14.2 Å². The topological polar surface area (TPSA) is 109 Å². The van der Waals surface area contributed by atoms with Crippen molar-refractivity contribution in [2.75, 3.05) is 46.0 Å². The molecule has 51 heavy (non-hydrogen) atoms. The van der Waals surface area contributed by atoms with Crippen molar-refractivity contribution >= 4 is 33.5 Å². The number of likely N-dealkylation sites (N-methyl/N-ethyl adjacent to an activating group) is 1. The van der Waals surface area contributed by atoms with Crippen LogP contribution in [-0.2, 0) is 15.9 Å². The maximum Gasteiger partial charge on any atom is 0.410 e. The average molecular weight is 696 g/mol. The number of fused-ring (bicyclic) bond motifs is 3. The Balaban J connectivity index is 1.34. The van der Waals surface area contributed by atoms with E-state index in [0.717, 1.165) is 36.6 Å². The Kier molecular flexibility index (Phi) is 9.66. The summed E-state index contributed by atoms with van der Waals surface area (Å²) in [4.78, 5) is 22.0. The summed E-state index contributed by atoms with van der Waals surface area (Å²) in [5, 5.41) is 15.7. The number of amides is 1. The lowest BCUT2D eigenvalue weighted by Crippen LogP contribution is -2.50. The number of hydrogen-bond acceptors (Lipinski definition) is 9. The van der Waals surface area contributed by atoms with Crippen molar-refractivity contribution in [2.45, 2.75) is 76.6 Å². The number of aryl methyl sites for hydroxylation is 1. The van der Waals surface area contributed by atoms with Crippen LogP contribution in [0.5, 0.6) is 11.6 Å². The van der Waals surface area contributed by atoms with Crippen molar-refractivity contribution in [1.82, 2.24) is 14.8 Å². The Morgan fingerprint density at radius 3 is 2.71 bits per heavy atom. The summed E-state index contributed by atoms with van der Waals surface area (Å²) in [6, 6.07) is 17.7. The van der Waals surface area contributed by atoms with E-state index in [2.05, 4.69) is 23.3 Å². The molecule has 11 heteroatoms. The Morgan fingerprint density at radius 2 is 1.96 bits per heavy atom. The smallest absolute Gasteiger partial charge is 0.410 e. The third-order valence-electron chi connectivity index (χ3n) is 10.4. The molecule has 1 amide bonds. The van der Waals surface area contributed by atoms with Gasteiger partial charge in [0.2, 0.25) is 5.88 Å². The van der Waals surface area contributed by atoms with Gasteiger partial charge in [-0.05, 0) is 100 Å². The largest absolute Gasteiger partial charge is 0.476 e. The predicted octanol–water partition coefficient (Wildman–Crippen LogP) is 7.53. The molecule has 3 saturated heterocycles. The molecular formula is C40H46FN5O5. The van der Waals surface area contributed by atoms with E-state index in [1.54, 1.807) is 7.11 Å². The molecule has 1 aliphatic carbocycles. The first-order valence-corrected chi connectivity index (χ1v) is 17.8. The number of ether oxygens (including phenoxy) is 4. The van der Waals surface area contributed by atoms with Crippen molar-refractivity contribution < 1.29 is 28.1 Å². The number of carbonyl (C=O) groups excluding carboxylic acids is 1. The second-order valence-corrected chi connectivity index (χ2v) is 15.0. The van der Waals surface area contributed by atoms with Crippen LogP contribution in [-0.4, -0.2) is 85.3 Å². The second-order valence-electron chi connectivity index (χ2n) is 15.0. The number of methoxy groups -OCH3 is 1. The van der Waals surface area contributed by atoms with Gasteiger partial charge in [0.25, 0.3) is 0 Å². The average Bonchev–Trinajstić information content (AvgIpc) is 3.83. The van der Waals surface area contributed by atoms with E-state index in [1.165, 1.54) is 0 Å². The first-order valence-electron chi connectivity index (χ1n) is 17.8. The van der Waals surface area contributed by atoms with Gasteiger partial charge in [-0.15, -0.1) is 0 Å². The van der Waals surface area contributed by atoms with Crippen molar-refractivity contribution in [3.63, 3.8) is 0 Å². The van der Waals surface area contributed by atoms with Crippen LogP contribution in [0.15, 0.2) is 48.5 Å². The number of benzene rings is 3. The van der Waals surface area contributed by atoms with Crippen molar-refractivity contribution in [1.29, 1.82) is 5.26 Å². The van der Waals surface area contributed by atoms with Gasteiger partial charge in [0.15, 0.2) is 12.6 Å². The lowest BCUT2D eigenvalue weighted by molar-refractivity contribution is 0.0239. The maximum absolute atomic E-state index is 17.5. The highest BCUT2D eigenvalue weighted by Gasteiger charge is 2.55. The number of rotatable bonds is 11. The molecule has 10 nitrogen and oxygen atoms in total. The first-order chi connectivity index (χ1) is 24.5. The summed E-state index contributed by atoms with van der Waals surface area (Å²) >= 11 is 0. The second kappa shape index (κ2) is 14.2. The third-order valence-corrected chi connectivity index (χ3v) is 10.4. The summed E-state index contributed by atoms with van der Waals surface area (Å²) in [7, 11) is 3.64. The quantitative estimate of drug-likeness (QED) is 0.159. The number of nitrogens with zero attached hydrogens (tertiary/aromatic N) is 4. The molecule has 4 fully saturated rings. The zero-order valence-corrected chi connectivity index (χ0v) is 30.0. The Bertz CT molecular complexity index is 1990. The van der Waals surface area contributed by atoms with Crippen LogP contribution < -0.4 is 14.8 Å². The van der Waals surface area contributed by atoms with Crippen LogP contribution >= 0.6 is 0 Å². The lowest BCUT2D eigenvalue weighted by Gasteiger charge is -2.38. The number of aromatic nitrogens is 1. The van der Waals surface area contributed by atoms with Gasteiger partial charge in [-0.1, -0.05) is 24.3 Å².